The SMILES string of the molecule is CCOC(=O)c1cc(-c2csc(-c3ccnc(NC)c3)n2)c(=O)[nH]c1C.CCc1[nH]c(=O)c(-c2csc(-c3ccncc3)n2)cc1N. The minimum atomic E-state index is -0.467. The number of nitrogens with two attached hydrogens (primary N) is 1. The number of carbonyl (C=O) groups is 1. The number of nitrogens with zero attached hydrogens (tertiary/aromatic N) is 4. The number of rotatable bonds is 8. The number of esters is 1. The lowest BCUT2D eigenvalue weighted by molar-refractivity contribution is 0.0525. The van der Waals surface area contributed by atoms with Crippen LogP contribution in [0.2, 0.25) is 0 Å². The molecule has 14 heteroatoms. The monoisotopic (exact) mass is 668 g/mol. The number of aromatic nitrogens is 6. The lowest BCUT2D eigenvalue weighted by Crippen LogP contribution is -2.16. The fourth-order valence-electron chi connectivity index (χ4n) is 4.56. The normalized spacial score (nSPS) is 10.6. The van der Waals surface area contributed by atoms with E-state index in [1.54, 1.807) is 50.9 Å². The number of H-pyrrole nitrogens is 2. The molecule has 0 spiro atoms. The summed E-state index contributed by atoms with van der Waals surface area (Å²) in [6.45, 7) is 5.62. The summed E-state index contributed by atoms with van der Waals surface area (Å²) in [5.74, 6) is 0.266. The number of nitrogen functional groups attached to an aromatic ring is 1. The summed E-state index contributed by atoms with van der Waals surface area (Å²) in [5.41, 5.74) is 11.5. The molecule has 0 saturated carbocycles. The van der Waals surface area contributed by atoms with Gasteiger partial charge in [-0.15, -0.1) is 22.7 Å². The van der Waals surface area contributed by atoms with E-state index in [0.717, 1.165) is 32.7 Å². The first kappa shape index (κ1) is 32.9. The molecule has 47 heavy (non-hydrogen) atoms. The number of hydrogen-bond acceptors (Lipinski definition) is 12. The number of hydrogen-bond donors (Lipinski definition) is 4. The molecular formula is C33H32N8O4S2. The van der Waals surface area contributed by atoms with Crippen LogP contribution in [-0.4, -0.2) is 49.5 Å². The van der Waals surface area contributed by atoms with Gasteiger partial charge >= 0.3 is 5.97 Å². The van der Waals surface area contributed by atoms with E-state index in [1.165, 1.54) is 28.7 Å². The Balaban J connectivity index is 0.000000189. The van der Waals surface area contributed by atoms with Crippen molar-refractivity contribution in [3.05, 3.63) is 103 Å². The van der Waals surface area contributed by atoms with Crippen molar-refractivity contribution in [3.8, 4) is 43.7 Å². The van der Waals surface area contributed by atoms with Gasteiger partial charge < -0.3 is 25.8 Å². The largest absolute Gasteiger partial charge is 0.462 e. The first-order valence-corrected chi connectivity index (χ1v) is 16.4. The maximum Gasteiger partial charge on any atom is 0.339 e. The number of pyridine rings is 4. The van der Waals surface area contributed by atoms with Crippen molar-refractivity contribution in [2.75, 3.05) is 24.7 Å². The molecule has 0 aliphatic carbocycles. The molecule has 0 fully saturated rings. The molecule has 12 nitrogen and oxygen atoms in total. The topological polar surface area (TPSA) is 182 Å². The molecule has 0 aromatic carbocycles. The highest BCUT2D eigenvalue weighted by Crippen LogP contribution is 2.30. The summed E-state index contributed by atoms with van der Waals surface area (Å²) in [5, 5.41) is 8.26. The average molecular weight is 669 g/mol. The minimum Gasteiger partial charge on any atom is -0.462 e. The number of nitrogens with one attached hydrogen (secondary N) is 3. The molecule has 240 valence electrons. The first-order valence-electron chi connectivity index (χ1n) is 14.6. The van der Waals surface area contributed by atoms with Crippen molar-refractivity contribution in [2.45, 2.75) is 27.2 Å². The van der Waals surface area contributed by atoms with Crippen LogP contribution >= 0.6 is 22.7 Å². The summed E-state index contributed by atoms with van der Waals surface area (Å²) >= 11 is 2.91. The summed E-state index contributed by atoms with van der Waals surface area (Å²) in [6, 6.07) is 10.8. The van der Waals surface area contributed by atoms with Crippen molar-refractivity contribution in [1.82, 2.24) is 29.9 Å². The van der Waals surface area contributed by atoms with E-state index in [9.17, 15) is 14.4 Å². The van der Waals surface area contributed by atoms with E-state index in [4.69, 9.17) is 10.5 Å². The van der Waals surface area contributed by atoms with Crippen LogP contribution in [0, 0.1) is 6.92 Å². The predicted octanol–water partition coefficient (Wildman–Crippen LogP) is 5.79. The number of anilines is 2. The molecule has 0 unspecified atom stereocenters. The van der Waals surface area contributed by atoms with E-state index in [-0.39, 0.29) is 17.7 Å². The fourth-order valence-corrected chi connectivity index (χ4v) is 6.20. The van der Waals surface area contributed by atoms with Crippen molar-refractivity contribution in [3.63, 3.8) is 0 Å². The highest BCUT2D eigenvalue weighted by atomic mass is 32.1. The van der Waals surface area contributed by atoms with Gasteiger partial charge in [-0.3, -0.25) is 14.6 Å². The van der Waals surface area contributed by atoms with Gasteiger partial charge in [-0.2, -0.15) is 0 Å². The zero-order valence-electron chi connectivity index (χ0n) is 26.1. The summed E-state index contributed by atoms with van der Waals surface area (Å²) in [7, 11) is 1.79. The van der Waals surface area contributed by atoms with E-state index in [0.29, 0.717) is 45.9 Å². The van der Waals surface area contributed by atoms with Gasteiger partial charge in [-0.25, -0.2) is 19.7 Å². The zero-order valence-corrected chi connectivity index (χ0v) is 27.7. The van der Waals surface area contributed by atoms with Crippen LogP contribution in [0.25, 0.3) is 43.7 Å². The van der Waals surface area contributed by atoms with E-state index in [1.807, 2.05) is 36.6 Å². The standard InChI is InChI=1S/C18H18N4O3S.C15H14N4OS/c1-4-25-18(24)12-8-13(16(23)21-10(12)2)14-9-26-17(22-14)11-5-6-20-15(7-11)19-3;1-2-12-11(16)7-10(14(20)18-12)13-8-21-15(19-13)9-3-5-17-6-4-9/h5-9H,4H2,1-3H3,(H,19,20)(H,21,23);3-8H,2,16H2,1H3,(H,18,20). The van der Waals surface area contributed by atoms with E-state index < -0.39 is 5.97 Å². The van der Waals surface area contributed by atoms with Gasteiger partial charge in [-0.05, 0) is 56.7 Å². The zero-order chi connectivity index (χ0) is 33.5. The molecule has 6 aromatic rings. The van der Waals surface area contributed by atoms with Gasteiger partial charge in [0.25, 0.3) is 11.1 Å². The second-order valence-electron chi connectivity index (χ2n) is 10.1. The molecule has 0 bridgehead atoms. The Morgan fingerprint density at radius 1 is 0.894 bits per heavy atom. The highest BCUT2D eigenvalue weighted by molar-refractivity contribution is 7.13. The maximum atomic E-state index is 12.4. The minimum absolute atomic E-state index is 0.160. The van der Waals surface area contributed by atoms with Crippen molar-refractivity contribution in [2.24, 2.45) is 0 Å². The smallest absolute Gasteiger partial charge is 0.339 e. The Morgan fingerprint density at radius 3 is 2.15 bits per heavy atom. The molecule has 5 N–H and O–H groups in total. The second kappa shape index (κ2) is 14.7. The Kier molecular flexibility index (Phi) is 10.3. The molecule has 0 aliphatic rings. The van der Waals surface area contributed by atoms with Crippen LogP contribution in [0.3, 0.4) is 0 Å². The van der Waals surface area contributed by atoms with Crippen molar-refractivity contribution in [1.29, 1.82) is 0 Å². The third kappa shape index (κ3) is 7.51. The molecule has 0 amide bonds. The number of thiazole rings is 2. The number of carbonyl (C=O) groups excluding carboxylic acids is 1. The van der Waals surface area contributed by atoms with Gasteiger partial charge in [0, 0.05) is 58.9 Å². The van der Waals surface area contributed by atoms with Gasteiger partial charge in [0.2, 0.25) is 0 Å². The number of aromatic amines is 2. The van der Waals surface area contributed by atoms with E-state index >= 15 is 0 Å². The average Bonchev–Trinajstić information content (AvgIpc) is 3.78. The lowest BCUT2D eigenvalue weighted by atomic mass is 10.1. The maximum absolute atomic E-state index is 12.4. The van der Waals surface area contributed by atoms with Crippen LogP contribution in [0.15, 0.2) is 75.3 Å². The number of aryl methyl sites for hydroxylation is 2. The summed E-state index contributed by atoms with van der Waals surface area (Å²) in [6.07, 6.45) is 5.83. The van der Waals surface area contributed by atoms with Crippen LogP contribution < -0.4 is 22.2 Å². The number of ether oxygens (including phenoxy) is 1. The molecule has 0 aliphatic heterocycles. The molecular weight excluding hydrogens is 637 g/mol. The second-order valence-corrected chi connectivity index (χ2v) is 11.8. The Morgan fingerprint density at radius 2 is 1.51 bits per heavy atom. The van der Waals surface area contributed by atoms with Crippen molar-refractivity contribution < 1.29 is 9.53 Å². The molecule has 0 atom stereocenters. The third-order valence-electron chi connectivity index (χ3n) is 7.00. The van der Waals surface area contributed by atoms with Gasteiger partial charge in [0.15, 0.2) is 0 Å². The van der Waals surface area contributed by atoms with Crippen molar-refractivity contribution >= 4 is 40.1 Å². The Bertz CT molecular complexity index is 2140. The Hall–Kier alpha value is -5.47. The Labute approximate surface area is 277 Å². The quantitative estimate of drug-likeness (QED) is 0.145. The highest BCUT2D eigenvalue weighted by Gasteiger charge is 2.17. The summed E-state index contributed by atoms with van der Waals surface area (Å²) < 4.78 is 5.05. The molecule has 6 heterocycles. The lowest BCUT2D eigenvalue weighted by Gasteiger charge is -2.06. The molecule has 6 aromatic heterocycles. The third-order valence-corrected chi connectivity index (χ3v) is 8.78. The molecule has 6 rings (SSSR count). The van der Waals surface area contributed by atoms with Crippen LogP contribution in [-0.2, 0) is 11.2 Å². The van der Waals surface area contributed by atoms with Gasteiger partial charge in [0.05, 0.1) is 40.4 Å². The van der Waals surface area contributed by atoms with Crippen LogP contribution in [0.5, 0.6) is 0 Å². The van der Waals surface area contributed by atoms with Crippen LogP contribution in [0.1, 0.15) is 35.6 Å². The van der Waals surface area contributed by atoms with Gasteiger partial charge in [0.1, 0.15) is 15.8 Å². The molecule has 0 radical (unpaired) electrons. The van der Waals surface area contributed by atoms with Gasteiger partial charge in [-0.1, -0.05) is 6.92 Å². The fraction of sp³-hybridized carbons (Fsp3) is 0.182. The predicted molar refractivity (Wildman–Crippen MR) is 187 cm³/mol. The summed E-state index contributed by atoms with van der Waals surface area (Å²) in [4.78, 5) is 59.3. The van der Waals surface area contributed by atoms with E-state index in [2.05, 4.69) is 35.2 Å². The molecule has 0 saturated heterocycles. The first-order chi connectivity index (χ1) is 22.7. The van der Waals surface area contributed by atoms with Crippen LogP contribution in [0.4, 0.5) is 11.5 Å².